The first-order chi connectivity index (χ1) is 9.37. The molecule has 7 heteroatoms. The summed E-state index contributed by atoms with van der Waals surface area (Å²) >= 11 is 0. The van der Waals surface area contributed by atoms with Crippen LogP contribution in [0.4, 0.5) is 0 Å². The highest BCUT2D eigenvalue weighted by atomic mass is 32.2. The van der Waals surface area contributed by atoms with Crippen molar-refractivity contribution in [3.05, 3.63) is 0 Å². The highest BCUT2D eigenvalue weighted by Gasteiger charge is 2.38. The molecule has 1 N–H and O–H groups in total. The predicted molar refractivity (Wildman–Crippen MR) is 74.3 cm³/mol. The van der Waals surface area contributed by atoms with E-state index in [1.54, 1.807) is 4.90 Å². The Morgan fingerprint density at radius 3 is 2.35 bits per heavy atom. The number of nitrogens with zero attached hydrogens (tertiary/aromatic N) is 1. The van der Waals surface area contributed by atoms with Crippen LogP contribution in [0.25, 0.3) is 0 Å². The van der Waals surface area contributed by atoms with Crippen molar-refractivity contribution in [1.29, 1.82) is 0 Å². The monoisotopic (exact) mass is 302 g/mol. The minimum Gasteiger partial charge on any atom is -0.339 e. The highest BCUT2D eigenvalue weighted by molar-refractivity contribution is 7.89. The second kappa shape index (κ2) is 6.11. The van der Waals surface area contributed by atoms with Crippen LogP contribution in [0.1, 0.15) is 44.9 Å². The van der Waals surface area contributed by atoms with E-state index in [1.165, 1.54) is 12.8 Å². The molecule has 0 aromatic heterocycles. The standard InChI is InChI=1S/C13H22N2O4S/c1-20(18,19)14-13(17)10-8-12(16)15(9-10)11-6-4-2-3-5-7-11/h10-11H,2-9H2,1H3,(H,14,17)/t10-/m0/s1. The Bertz CT molecular complexity index is 481. The number of carbonyl (C=O) groups excluding carboxylic acids is 2. The third-order valence-corrected chi connectivity index (χ3v) is 4.65. The number of rotatable bonds is 3. The van der Waals surface area contributed by atoms with Gasteiger partial charge in [-0.15, -0.1) is 0 Å². The predicted octanol–water partition coefficient (Wildman–Crippen LogP) is 0.633. The molecule has 2 amide bonds. The van der Waals surface area contributed by atoms with Crippen LogP contribution in [0.3, 0.4) is 0 Å². The van der Waals surface area contributed by atoms with E-state index in [4.69, 9.17) is 0 Å². The van der Waals surface area contributed by atoms with E-state index in [1.807, 2.05) is 4.72 Å². The van der Waals surface area contributed by atoms with Crippen molar-refractivity contribution < 1.29 is 18.0 Å². The summed E-state index contributed by atoms with van der Waals surface area (Å²) in [7, 11) is -3.56. The molecule has 1 aliphatic carbocycles. The van der Waals surface area contributed by atoms with Gasteiger partial charge >= 0.3 is 0 Å². The zero-order chi connectivity index (χ0) is 14.8. The van der Waals surface area contributed by atoms with Gasteiger partial charge in [0.15, 0.2) is 0 Å². The van der Waals surface area contributed by atoms with Crippen LogP contribution in [-0.4, -0.2) is 44.0 Å². The molecule has 6 nitrogen and oxygen atoms in total. The summed E-state index contributed by atoms with van der Waals surface area (Å²) in [5.41, 5.74) is 0. The Balaban J connectivity index is 1.97. The Kier molecular flexibility index (Phi) is 4.67. The van der Waals surface area contributed by atoms with Gasteiger partial charge in [0.25, 0.3) is 0 Å². The maximum Gasteiger partial charge on any atom is 0.238 e. The van der Waals surface area contributed by atoms with Gasteiger partial charge in [-0.05, 0) is 12.8 Å². The van der Waals surface area contributed by atoms with Gasteiger partial charge in [-0.2, -0.15) is 0 Å². The normalized spacial score (nSPS) is 25.6. The fraction of sp³-hybridized carbons (Fsp3) is 0.846. The van der Waals surface area contributed by atoms with Crippen LogP contribution >= 0.6 is 0 Å². The van der Waals surface area contributed by atoms with Crippen LogP contribution in [0, 0.1) is 5.92 Å². The molecule has 1 saturated carbocycles. The van der Waals surface area contributed by atoms with Crippen molar-refractivity contribution in [1.82, 2.24) is 9.62 Å². The van der Waals surface area contributed by atoms with Crippen molar-refractivity contribution in [2.45, 2.75) is 51.0 Å². The maximum atomic E-state index is 12.1. The summed E-state index contributed by atoms with van der Waals surface area (Å²) in [4.78, 5) is 25.7. The molecule has 1 aliphatic heterocycles. The summed E-state index contributed by atoms with van der Waals surface area (Å²) in [5, 5.41) is 0. The fourth-order valence-corrected chi connectivity index (χ4v) is 3.63. The van der Waals surface area contributed by atoms with E-state index in [0.717, 1.165) is 31.9 Å². The molecule has 0 aromatic carbocycles. The van der Waals surface area contributed by atoms with E-state index >= 15 is 0 Å². The molecule has 2 aliphatic rings. The van der Waals surface area contributed by atoms with Gasteiger partial charge in [0.1, 0.15) is 0 Å². The smallest absolute Gasteiger partial charge is 0.238 e. The summed E-state index contributed by atoms with van der Waals surface area (Å²) in [5.74, 6) is -1.12. The average Bonchev–Trinajstić information content (AvgIpc) is 2.57. The molecule has 114 valence electrons. The topological polar surface area (TPSA) is 83.5 Å². The molecule has 2 rings (SSSR count). The third-order valence-electron chi connectivity index (χ3n) is 4.08. The summed E-state index contributed by atoms with van der Waals surface area (Å²) in [6.07, 6.45) is 7.71. The van der Waals surface area contributed by atoms with Gasteiger partial charge < -0.3 is 4.90 Å². The molecule has 0 spiro atoms. The Hall–Kier alpha value is -1.11. The second-order valence-electron chi connectivity index (χ2n) is 5.83. The van der Waals surface area contributed by atoms with Crippen LogP contribution in [0.5, 0.6) is 0 Å². The third kappa shape index (κ3) is 3.94. The van der Waals surface area contributed by atoms with E-state index in [-0.39, 0.29) is 18.4 Å². The number of likely N-dealkylation sites (tertiary alicyclic amines) is 1. The van der Waals surface area contributed by atoms with Gasteiger partial charge in [-0.3, -0.25) is 14.3 Å². The fourth-order valence-electron chi connectivity index (χ4n) is 3.10. The lowest BCUT2D eigenvalue weighted by atomic mass is 10.1. The first-order valence-electron chi connectivity index (χ1n) is 7.18. The highest BCUT2D eigenvalue weighted by Crippen LogP contribution is 2.28. The number of carbonyl (C=O) groups is 2. The van der Waals surface area contributed by atoms with Crippen molar-refractivity contribution in [2.75, 3.05) is 12.8 Å². The number of hydrogen-bond donors (Lipinski definition) is 1. The van der Waals surface area contributed by atoms with Crippen LogP contribution < -0.4 is 4.72 Å². The lowest BCUT2D eigenvalue weighted by Gasteiger charge is -2.27. The molecule has 0 radical (unpaired) electrons. The summed E-state index contributed by atoms with van der Waals surface area (Å²) < 4.78 is 24.1. The van der Waals surface area contributed by atoms with Gasteiger partial charge in [0, 0.05) is 19.0 Å². The lowest BCUT2D eigenvalue weighted by Crippen LogP contribution is -2.39. The van der Waals surface area contributed by atoms with E-state index in [2.05, 4.69) is 0 Å². The largest absolute Gasteiger partial charge is 0.339 e. The number of amides is 2. The summed E-state index contributed by atoms with van der Waals surface area (Å²) in [6.45, 7) is 0.352. The SMILES string of the molecule is CS(=O)(=O)NC(=O)[C@H]1CC(=O)N(C2CCCCCC2)C1. The molecular formula is C13H22N2O4S. The maximum absolute atomic E-state index is 12.1. The quantitative estimate of drug-likeness (QED) is 0.775. The van der Waals surface area contributed by atoms with Gasteiger partial charge in [0.05, 0.1) is 12.2 Å². The van der Waals surface area contributed by atoms with Crippen LogP contribution in [0.2, 0.25) is 0 Å². The average molecular weight is 302 g/mol. The van der Waals surface area contributed by atoms with Crippen molar-refractivity contribution >= 4 is 21.8 Å². The summed E-state index contributed by atoms with van der Waals surface area (Å²) in [6, 6.07) is 0.223. The van der Waals surface area contributed by atoms with Crippen molar-refractivity contribution in [2.24, 2.45) is 5.92 Å². The Morgan fingerprint density at radius 2 is 1.80 bits per heavy atom. The molecule has 20 heavy (non-hydrogen) atoms. The van der Waals surface area contributed by atoms with E-state index in [9.17, 15) is 18.0 Å². The van der Waals surface area contributed by atoms with E-state index in [0.29, 0.717) is 6.54 Å². The minimum atomic E-state index is -3.56. The zero-order valence-electron chi connectivity index (χ0n) is 11.8. The minimum absolute atomic E-state index is 0.0226. The molecule has 0 aromatic rings. The molecule has 0 bridgehead atoms. The molecular weight excluding hydrogens is 280 g/mol. The van der Waals surface area contributed by atoms with Crippen LogP contribution in [0.15, 0.2) is 0 Å². The Morgan fingerprint density at radius 1 is 1.20 bits per heavy atom. The number of hydrogen-bond acceptors (Lipinski definition) is 4. The van der Waals surface area contributed by atoms with Crippen LogP contribution in [-0.2, 0) is 19.6 Å². The van der Waals surface area contributed by atoms with Gasteiger partial charge in [0.2, 0.25) is 21.8 Å². The van der Waals surface area contributed by atoms with E-state index < -0.39 is 21.8 Å². The molecule has 0 unspecified atom stereocenters. The molecule has 1 saturated heterocycles. The number of sulfonamides is 1. The molecule has 1 heterocycles. The van der Waals surface area contributed by atoms with Gasteiger partial charge in [-0.1, -0.05) is 25.7 Å². The van der Waals surface area contributed by atoms with Crippen molar-refractivity contribution in [3.63, 3.8) is 0 Å². The Labute approximate surface area is 120 Å². The van der Waals surface area contributed by atoms with Crippen molar-refractivity contribution in [3.8, 4) is 0 Å². The number of nitrogens with one attached hydrogen (secondary N) is 1. The molecule has 1 atom stereocenters. The lowest BCUT2D eigenvalue weighted by molar-refractivity contribution is -0.130. The zero-order valence-corrected chi connectivity index (χ0v) is 12.6. The first-order valence-corrected chi connectivity index (χ1v) is 9.07. The molecule has 2 fully saturated rings. The second-order valence-corrected chi connectivity index (χ2v) is 7.58. The first kappa shape index (κ1) is 15.3. The van der Waals surface area contributed by atoms with Gasteiger partial charge in [-0.25, -0.2) is 8.42 Å².